The van der Waals surface area contributed by atoms with Crippen molar-refractivity contribution in [2.45, 2.75) is 25.8 Å². The molecule has 2 aromatic rings. The Morgan fingerprint density at radius 3 is 2.54 bits per heavy atom. The van der Waals surface area contributed by atoms with Crippen molar-refractivity contribution < 1.29 is 14.1 Å². The van der Waals surface area contributed by atoms with Gasteiger partial charge < -0.3 is 14.6 Å². The average Bonchev–Trinajstić information content (AvgIpc) is 3.12. The monoisotopic (exact) mass is 344 g/mol. The molecule has 2 heterocycles. The van der Waals surface area contributed by atoms with Crippen molar-refractivity contribution in [2.24, 2.45) is 0 Å². The molecule has 1 aromatic heterocycles. The van der Waals surface area contributed by atoms with Crippen LogP contribution in [0.5, 0.6) is 0 Å². The Bertz CT molecular complexity index is 677. The van der Waals surface area contributed by atoms with E-state index in [1.54, 1.807) is 17.0 Å². The summed E-state index contributed by atoms with van der Waals surface area (Å²) in [7, 11) is 0. The van der Waals surface area contributed by atoms with Gasteiger partial charge in [0.15, 0.2) is 10.9 Å². The molecular weight excluding hydrogens is 322 g/mol. The Labute approximate surface area is 147 Å². The first-order valence-electron chi connectivity index (χ1n) is 8.29. The van der Waals surface area contributed by atoms with Crippen LogP contribution < -0.4 is 15.5 Å². The molecule has 24 heavy (non-hydrogen) atoms. The van der Waals surface area contributed by atoms with Crippen LogP contribution in [0.4, 0.5) is 5.69 Å². The van der Waals surface area contributed by atoms with E-state index in [0.29, 0.717) is 0 Å². The number of hydrogen-bond acceptors (Lipinski definition) is 3. The molecule has 1 aliphatic rings. The molecule has 0 spiro atoms. The van der Waals surface area contributed by atoms with Crippen LogP contribution >= 0.6 is 12.2 Å². The molecule has 0 saturated carbocycles. The zero-order valence-corrected chi connectivity index (χ0v) is 14.3. The third-order valence-electron chi connectivity index (χ3n) is 4.20. The number of anilines is 1. The van der Waals surface area contributed by atoms with Crippen LogP contribution in [0, 0.1) is 0 Å². The Morgan fingerprint density at radius 2 is 1.88 bits per heavy atom. The summed E-state index contributed by atoms with van der Waals surface area (Å²) < 4.78 is 5.03. The first-order valence-corrected chi connectivity index (χ1v) is 8.70. The minimum absolute atomic E-state index is 0.235. The smallest absolute Gasteiger partial charge is 0.293 e. The van der Waals surface area contributed by atoms with E-state index >= 15 is 0 Å². The summed E-state index contributed by atoms with van der Waals surface area (Å²) in [5.74, 6) is -0.123. The average molecular weight is 344 g/mol. The molecule has 6 heteroatoms. The Morgan fingerprint density at radius 1 is 1.12 bits per heavy atom. The lowest BCUT2D eigenvalue weighted by atomic mass is 10.1. The molecule has 1 aromatic carbocycles. The number of hydrogen-bond donors (Lipinski definition) is 3. The maximum absolute atomic E-state index is 11.8. The van der Waals surface area contributed by atoms with Gasteiger partial charge in [0.25, 0.3) is 5.91 Å². The van der Waals surface area contributed by atoms with Crippen molar-refractivity contribution >= 4 is 28.9 Å². The number of carbonyl (C=O) groups is 1. The summed E-state index contributed by atoms with van der Waals surface area (Å²) in [4.78, 5) is 13.5. The van der Waals surface area contributed by atoms with Crippen LogP contribution in [0.2, 0.25) is 0 Å². The number of piperidine rings is 1. The van der Waals surface area contributed by atoms with E-state index in [2.05, 4.69) is 22.8 Å². The van der Waals surface area contributed by atoms with Crippen LogP contribution in [-0.4, -0.2) is 24.1 Å². The summed E-state index contributed by atoms with van der Waals surface area (Å²) in [5.41, 5.74) is 2.18. The van der Waals surface area contributed by atoms with E-state index in [9.17, 15) is 4.79 Å². The van der Waals surface area contributed by atoms with Gasteiger partial charge in [-0.2, -0.15) is 0 Å². The molecule has 1 aliphatic heterocycles. The van der Waals surface area contributed by atoms with Gasteiger partial charge in [0.2, 0.25) is 0 Å². The number of likely N-dealkylation sites (tertiary alicyclic amines) is 1. The number of furan rings is 1. The van der Waals surface area contributed by atoms with E-state index in [0.717, 1.165) is 12.2 Å². The van der Waals surface area contributed by atoms with Gasteiger partial charge >= 0.3 is 0 Å². The summed E-state index contributed by atoms with van der Waals surface area (Å²) in [6.07, 6.45) is 5.49. The Hall–Kier alpha value is -2.18. The highest BCUT2D eigenvalue weighted by atomic mass is 32.1. The molecule has 126 valence electrons. The maximum atomic E-state index is 11.8. The van der Waals surface area contributed by atoms with Crippen LogP contribution in [0.3, 0.4) is 0 Å². The number of amides is 1. The van der Waals surface area contributed by atoms with Crippen LogP contribution in [0.15, 0.2) is 47.1 Å². The van der Waals surface area contributed by atoms with E-state index in [1.807, 2.05) is 12.1 Å². The molecule has 1 fully saturated rings. The third kappa shape index (κ3) is 4.66. The van der Waals surface area contributed by atoms with Crippen molar-refractivity contribution in [3.8, 4) is 0 Å². The summed E-state index contributed by atoms with van der Waals surface area (Å²) >= 11 is 5.16. The first-order chi connectivity index (χ1) is 11.7. The second-order valence-corrected chi connectivity index (χ2v) is 6.48. The van der Waals surface area contributed by atoms with Crippen molar-refractivity contribution in [2.75, 3.05) is 18.4 Å². The predicted octanol–water partition coefficient (Wildman–Crippen LogP) is 1.98. The van der Waals surface area contributed by atoms with Gasteiger partial charge in [0.1, 0.15) is 6.54 Å². The largest absolute Gasteiger partial charge is 0.459 e. The van der Waals surface area contributed by atoms with E-state index in [1.165, 1.54) is 44.2 Å². The maximum Gasteiger partial charge on any atom is 0.293 e. The zero-order valence-electron chi connectivity index (χ0n) is 13.5. The second-order valence-electron chi connectivity index (χ2n) is 6.07. The fourth-order valence-electron chi connectivity index (χ4n) is 2.96. The summed E-state index contributed by atoms with van der Waals surface area (Å²) in [6, 6.07) is 11.5. The third-order valence-corrected chi connectivity index (χ3v) is 4.40. The fraction of sp³-hybridized carbons (Fsp3) is 0.333. The number of carbonyl (C=O) groups excluding carboxylic acids is 1. The molecular formula is C18H22N3O2S+. The number of nitrogens with one attached hydrogen (secondary N) is 3. The molecule has 0 radical (unpaired) electrons. The first kappa shape index (κ1) is 16.7. The molecule has 1 saturated heterocycles. The lowest BCUT2D eigenvalue weighted by Gasteiger charge is -2.23. The highest BCUT2D eigenvalue weighted by Gasteiger charge is 2.14. The van der Waals surface area contributed by atoms with Gasteiger partial charge in [-0.15, -0.1) is 0 Å². The van der Waals surface area contributed by atoms with E-state index in [4.69, 9.17) is 16.6 Å². The number of quaternary nitrogens is 1. The molecule has 0 unspecified atom stereocenters. The van der Waals surface area contributed by atoms with Crippen LogP contribution in [0.25, 0.3) is 0 Å². The standard InChI is InChI=1S/C18H21N3O2S/c22-17(16-5-4-12-23-16)20-18(24)19-15-8-6-14(7-9-15)13-21-10-2-1-3-11-21/h4-9,12H,1-3,10-11,13H2,(H2,19,20,22,24)/p+1. The summed E-state index contributed by atoms with van der Waals surface area (Å²) in [6.45, 7) is 3.60. The summed E-state index contributed by atoms with van der Waals surface area (Å²) in [5, 5.41) is 5.87. The predicted molar refractivity (Wildman–Crippen MR) is 97.1 cm³/mol. The highest BCUT2D eigenvalue weighted by molar-refractivity contribution is 7.80. The van der Waals surface area contributed by atoms with Gasteiger partial charge in [-0.3, -0.25) is 10.1 Å². The normalized spacial score (nSPS) is 15.0. The molecule has 0 aliphatic carbocycles. The van der Waals surface area contributed by atoms with E-state index in [-0.39, 0.29) is 16.8 Å². The SMILES string of the molecule is O=C(NC(=S)Nc1ccc(C[NH+]2CCCCC2)cc1)c1ccco1. The van der Waals surface area contributed by atoms with Crippen molar-refractivity contribution in [3.63, 3.8) is 0 Å². The Kier molecular flexibility index (Phi) is 5.61. The second kappa shape index (κ2) is 8.08. The molecule has 3 rings (SSSR count). The Balaban J connectivity index is 1.50. The zero-order chi connectivity index (χ0) is 16.8. The van der Waals surface area contributed by atoms with Crippen LogP contribution in [-0.2, 0) is 6.54 Å². The van der Waals surface area contributed by atoms with Crippen LogP contribution in [0.1, 0.15) is 35.4 Å². The van der Waals surface area contributed by atoms with Crippen molar-refractivity contribution in [3.05, 3.63) is 54.0 Å². The van der Waals surface area contributed by atoms with Gasteiger partial charge in [-0.05, 0) is 55.7 Å². The number of benzene rings is 1. The minimum atomic E-state index is -0.359. The van der Waals surface area contributed by atoms with Gasteiger partial charge in [0, 0.05) is 11.3 Å². The van der Waals surface area contributed by atoms with Crippen molar-refractivity contribution in [1.29, 1.82) is 0 Å². The number of rotatable bonds is 4. The molecule has 5 nitrogen and oxygen atoms in total. The lowest BCUT2D eigenvalue weighted by Crippen LogP contribution is -3.11. The quantitative estimate of drug-likeness (QED) is 0.743. The van der Waals surface area contributed by atoms with Gasteiger partial charge in [-0.1, -0.05) is 12.1 Å². The highest BCUT2D eigenvalue weighted by Crippen LogP contribution is 2.09. The number of thiocarbonyl (C=S) groups is 1. The van der Waals surface area contributed by atoms with Gasteiger partial charge in [-0.25, -0.2) is 0 Å². The van der Waals surface area contributed by atoms with Crippen molar-refractivity contribution in [1.82, 2.24) is 5.32 Å². The molecule has 1 amide bonds. The topological polar surface area (TPSA) is 58.7 Å². The van der Waals surface area contributed by atoms with E-state index < -0.39 is 0 Å². The lowest BCUT2D eigenvalue weighted by molar-refractivity contribution is -0.918. The minimum Gasteiger partial charge on any atom is -0.459 e. The molecule has 0 bridgehead atoms. The van der Waals surface area contributed by atoms with Gasteiger partial charge in [0.05, 0.1) is 19.4 Å². The molecule has 0 atom stereocenters. The fourth-order valence-corrected chi connectivity index (χ4v) is 3.17. The molecule has 3 N–H and O–H groups in total.